The molecule has 2 rings (SSSR count). The van der Waals surface area contributed by atoms with Crippen LogP contribution in [-0.4, -0.2) is 34.9 Å². The van der Waals surface area contributed by atoms with E-state index in [-0.39, 0.29) is 30.4 Å². The van der Waals surface area contributed by atoms with Crippen LogP contribution in [0.3, 0.4) is 0 Å². The molecule has 0 saturated carbocycles. The lowest BCUT2D eigenvalue weighted by Gasteiger charge is -2.33. The van der Waals surface area contributed by atoms with Gasteiger partial charge in [-0.1, -0.05) is 75.2 Å². The summed E-state index contributed by atoms with van der Waals surface area (Å²) in [5, 5.41) is 3.86. The van der Waals surface area contributed by atoms with Crippen molar-refractivity contribution in [3.8, 4) is 5.75 Å². The summed E-state index contributed by atoms with van der Waals surface area (Å²) in [5.74, 6) is 0.0866. The summed E-state index contributed by atoms with van der Waals surface area (Å²) in [7, 11) is 0. The Labute approximate surface area is 213 Å². The first-order valence-corrected chi connectivity index (χ1v) is 12.3. The zero-order valence-electron chi connectivity index (χ0n) is 21.2. The minimum Gasteiger partial charge on any atom is -0.483 e. The highest BCUT2D eigenvalue weighted by Crippen LogP contribution is 2.31. The van der Waals surface area contributed by atoms with Gasteiger partial charge in [-0.15, -0.1) is 0 Å². The van der Waals surface area contributed by atoms with Crippen LogP contribution in [-0.2, 0) is 21.5 Å². The second-order valence-corrected chi connectivity index (χ2v) is 11.2. The van der Waals surface area contributed by atoms with Crippen molar-refractivity contribution in [2.24, 2.45) is 0 Å². The molecule has 0 aliphatic carbocycles. The molecule has 0 saturated heterocycles. The number of nitrogens with one attached hydrogen (secondary N) is 1. The number of hydrogen-bond acceptors (Lipinski definition) is 3. The third-order valence-electron chi connectivity index (χ3n) is 5.32. The lowest BCUT2D eigenvalue weighted by atomic mass is 9.86. The Kier molecular flexibility index (Phi) is 9.44. The molecule has 0 fully saturated rings. The number of hydrogen-bond donors (Lipinski definition) is 1. The number of carbonyl (C=O) groups is 2. The van der Waals surface area contributed by atoms with Crippen LogP contribution >= 0.6 is 23.2 Å². The van der Waals surface area contributed by atoms with Gasteiger partial charge in [-0.2, -0.15) is 0 Å². The maximum absolute atomic E-state index is 13.5. The quantitative estimate of drug-likeness (QED) is 0.450. The van der Waals surface area contributed by atoms with Crippen molar-refractivity contribution in [1.29, 1.82) is 0 Å². The molecular weight excluding hydrogens is 471 g/mol. The molecule has 2 aromatic carbocycles. The highest BCUT2D eigenvalue weighted by molar-refractivity contribution is 6.36. The fourth-order valence-electron chi connectivity index (χ4n) is 3.66. The minimum atomic E-state index is -0.708. The number of ether oxygens (including phenoxy) is 1. The number of halogens is 2. The smallest absolute Gasteiger partial charge is 0.261 e. The van der Waals surface area contributed by atoms with E-state index in [1.54, 1.807) is 18.2 Å². The maximum atomic E-state index is 13.5. The standard InChI is InChI=1S/C27H36Cl2N2O3/c1-8-22(25(33)30-27(5,6)7)31(16-18-20(28)13-11-14-21(18)29)24(32)17-34-23-15-10-9-12-19(23)26(2,3)4/h9-15,22H,8,16-17H2,1-7H3,(H,30,33)/t22-/m1/s1. The summed E-state index contributed by atoms with van der Waals surface area (Å²) < 4.78 is 5.99. The van der Waals surface area contributed by atoms with E-state index in [2.05, 4.69) is 26.1 Å². The van der Waals surface area contributed by atoms with Crippen molar-refractivity contribution in [1.82, 2.24) is 10.2 Å². The summed E-state index contributed by atoms with van der Waals surface area (Å²) in [6.45, 7) is 13.7. The Hall–Kier alpha value is -2.24. The Morgan fingerprint density at radius 1 is 0.971 bits per heavy atom. The lowest BCUT2D eigenvalue weighted by molar-refractivity contribution is -0.143. The van der Waals surface area contributed by atoms with Gasteiger partial charge in [0.15, 0.2) is 6.61 Å². The Bertz CT molecular complexity index is 989. The number of para-hydroxylation sites is 1. The molecule has 186 valence electrons. The van der Waals surface area contributed by atoms with Crippen molar-refractivity contribution < 1.29 is 14.3 Å². The highest BCUT2D eigenvalue weighted by atomic mass is 35.5. The van der Waals surface area contributed by atoms with Crippen molar-refractivity contribution in [2.45, 2.75) is 78.4 Å². The third kappa shape index (κ3) is 7.64. The molecule has 5 nitrogen and oxygen atoms in total. The molecule has 7 heteroatoms. The molecule has 0 aliphatic rings. The van der Waals surface area contributed by atoms with Gasteiger partial charge in [-0.25, -0.2) is 0 Å². The molecule has 0 aliphatic heterocycles. The van der Waals surface area contributed by atoms with Crippen LogP contribution < -0.4 is 10.1 Å². The van der Waals surface area contributed by atoms with Crippen LogP contribution in [0.5, 0.6) is 5.75 Å². The average Bonchev–Trinajstić information content (AvgIpc) is 2.72. The van der Waals surface area contributed by atoms with Crippen molar-refractivity contribution in [3.63, 3.8) is 0 Å². The molecule has 0 aromatic heterocycles. The number of nitrogens with zero attached hydrogens (tertiary/aromatic N) is 1. The van der Waals surface area contributed by atoms with Gasteiger partial charge in [0.2, 0.25) is 5.91 Å². The first kappa shape index (κ1) is 28.0. The Balaban J connectivity index is 2.37. The minimum absolute atomic E-state index is 0.0949. The molecule has 1 atom stereocenters. The summed E-state index contributed by atoms with van der Waals surface area (Å²) in [6.07, 6.45) is 0.425. The topological polar surface area (TPSA) is 58.6 Å². The van der Waals surface area contributed by atoms with Gasteiger partial charge in [0.05, 0.1) is 0 Å². The average molecular weight is 508 g/mol. The molecule has 2 amide bonds. The zero-order valence-corrected chi connectivity index (χ0v) is 22.7. The van der Waals surface area contributed by atoms with E-state index in [9.17, 15) is 9.59 Å². The van der Waals surface area contributed by atoms with E-state index >= 15 is 0 Å². The predicted octanol–water partition coefficient (Wildman–Crippen LogP) is 6.39. The van der Waals surface area contributed by atoms with Gasteiger partial charge in [0.1, 0.15) is 11.8 Å². The van der Waals surface area contributed by atoms with Gasteiger partial charge in [0, 0.05) is 27.7 Å². The van der Waals surface area contributed by atoms with Crippen LogP contribution in [0.15, 0.2) is 42.5 Å². The Morgan fingerprint density at radius 3 is 2.09 bits per heavy atom. The third-order valence-corrected chi connectivity index (χ3v) is 6.03. The van der Waals surface area contributed by atoms with E-state index < -0.39 is 11.6 Å². The van der Waals surface area contributed by atoms with Crippen LogP contribution in [0.25, 0.3) is 0 Å². The van der Waals surface area contributed by atoms with Crippen LogP contribution in [0.4, 0.5) is 0 Å². The van der Waals surface area contributed by atoms with Gasteiger partial charge in [0.25, 0.3) is 5.91 Å². The zero-order chi connectivity index (χ0) is 25.7. The molecule has 0 radical (unpaired) electrons. The largest absolute Gasteiger partial charge is 0.483 e. The molecular formula is C27H36Cl2N2O3. The van der Waals surface area contributed by atoms with Crippen LogP contribution in [0, 0.1) is 0 Å². The van der Waals surface area contributed by atoms with E-state index in [0.717, 1.165) is 5.56 Å². The lowest BCUT2D eigenvalue weighted by Crippen LogP contribution is -2.54. The van der Waals surface area contributed by atoms with Gasteiger partial charge < -0.3 is 15.0 Å². The summed E-state index contributed by atoms with van der Waals surface area (Å²) in [4.78, 5) is 28.2. The van der Waals surface area contributed by atoms with Gasteiger partial charge >= 0.3 is 0 Å². The van der Waals surface area contributed by atoms with Crippen molar-refractivity contribution >= 4 is 35.0 Å². The van der Waals surface area contributed by atoms with Gasteiger partial charge in [-0.05, 0) is 56.4 Å². The van der Waals surface area contributed by atoms with E-state index in [4.69, 9.17) is 27.9 Å². The summed E-state index contributed by atoms with van der Waals surface area (Å²) in [5.41, 5.74) is 1.00. The molecule has 1 N–H and O–H groups in total. The highest BCUT2D eigenvalue weighted by Gasteiger charge is 2.32. The second kappa shape index (κ2) is 11.5. The first-order chi connectivity index (χ1) is 15.7. The fraction of sp³-hybridized carbons (Fsp3) is 0.481. The van der Waals surface area contributed by atoms with E-state index in [0.29, 0.717) is 27.8 Å². The number of carbonyl (C=O) groups excluding carboxylic acids is 2. The molecule has 34 heavy (non-hydrogen) atoms. The summed E-state index contributed by atoms with van der Waals surface area (Å²) in [6, 6.07) is 12.2. The van der Waals surface area contributed by atoms with Crippen molar-refractivity contribution in [2.75, 3.05) is 6.61 Å². The molecule has 0 spiro atoms. The fourth-order valence-corrected chi connectivity index (χ4v) is 4.18. The molecule has 2 aromatic rings. The van der Waals surface area contributed by atoms with Crippen molar-refractivity contribution in [3.05, 3.63) is 63.6 Å². The number of benzene rings is 2. The molecule has 0 heterocycles. The SMILES string of the molecule is CC[C@H](C(=O)NC(C)(C)C)N(Cc1c(Cl)cccc1Cl)C(=O)COc1ccccc1C(C)(C)C. The van der Waals surface area contributed by atoms with Gasteiger partial charge in [-0.3, -0.25) is 9.59 Å². The molecule has 0 unspecified atom stereocenters. The van der Waals surface area contributed by atoms with Crippen LogP contribution in [0.1, 0.15) is 66.0 Å². The first-order valence-electron chi connectivity index (χ1n) is 11.5. The molecule has 0 bridgehead atoms. The van der Waals surface area contributed by atoms with E-state index in [1.807, 2.05) is 52.0 Å². The Morgan fingerprint density at radius 2 is 1.56 bits per heavy atom. The number of amides is 2. The predicted molar refractivity (Wildman–Crippen MR) is 140 cm³/mol. The maximum Gasteiger partial charge on any atom is 0.261 e. The second-order valence-electron chi connectivity index (χ2n) is 10.4. The monoisotopic (exact) mass is 506 g/mol. The van der Waals surface area contributed by atoms with Crippen LogP contribution in [0.2, 0.25) is 10.0 Å². The normalized spacial score (nSPS) is 12.7. The van der Waals surface area contributed by atoms with E-state index in [1.165, 1.54) is 4.90 Å². The summed E-state index contributed by atoms with van der Waals surface area (Å²) >= 11 is 12.8. The number of rotatable bonds is 8.